The summed E-state index contributed by atoms with van der Waals surface area (Å²) in [6.45, 7) is 7.78. The van der Waals surface area contributed by atoms with Crippen LogP contribution < -0.4 is 10.6 Å². The number of H-pyrrole nitrogens is 1. The third-order valence-electron chi connectivity index (χ3n) is 3.91. The van der Waals surface area contributed by atoms with Crippen molar-refractivity contribution in [2.75, 3.05) is 23.8 Å². The molecule has 2 atom stereocenters. The zero-order valence-corrected chi connectivity index (χ0v) is 12.0. The molecule has 1 aliphatic rings. The van der Waals surface area contributed by atoms with E-state index < -0.39 is 0 Å². The smallest absolute Gasteiger partial charge is 0.226 e. The van der Waals surface area contributed by atoms with Crippen molar-refractivity contribution in [1.82, 2.24) is 19.9 Å². The van der Waals surface area contributed by atoms with Crippen molar-refractivity contribution in [3.8, 4) is 0 Å². The molecule has 1 fully saturated rings. The minimum atomic E-state index is -0.129. The van der Waals surface area contributed by atoms with Crippen LogP contribution in [-0.2, 0) is 4.74 Å². The standard InChI is InChI=1S/C13H20N6O/c1-4-14-12-17-10-9(15-7-16-10)11(18-12)19-13(3)5-6-20-8(13)2/h7-8H,4-6H2,1-3H3,(H3,14,15,16,17,18,19). The van der Waals surface area contributed by atoms with Gasteiger partial charge in [-0.05, 0) is 27.2 Å². The average molecular weight is 276 g/mol. The van der Waals surface area contributed by atoms with Gasteiger partial charge in [0.15, 0.2) is 11.5 Å². The van der Waals surface area contributed by atoms with E-state index in [9.17, 15) is 0 Å². The number of nitrogens with zero attached hydrogens (tertiary/aromatic N) is 3. The monoisotopic (exact) mass is 276 g/mol. The molecule has 3 rings (SSSR count). The zero-order valence-electron chi connectivity index (χ0n) is 12.0. The van der Waals surface area contributed by atoms with E-state index >= 15 is 0 Å². The third kappa shape index (κ3) is 2.18. The Hall–Kier alpha value is -1.89. The number of anilines is 2. The number of aromatic amines is 1. The first-order chi connectivity index (χ1) is 9.62. The number of aromatic nitrogens is 4. The Morgan fingerprint density at radius 3 is 3.05 bits per heavy atom. The van der Waals surface area contributed by atoms with Gasteiger partial charge in [0, 0.05) is 13.2 Å². The van der Waals surface area contributed by atoms with Crippen LogP contribution in [0.2, 0.25) is 0 Å². The molecule has 7 heteroatoms. The van der Waals surface area contributed by atoms with Gasteiger partial charge in [-0.3, -0.25) is 0 Å². The molecule has 0 aromatic carbocycles. The zero-order chi connectivity index (χ0) is 14.2. The Labute approximate surface area is 117 Å². The van der Waals surface area contributed by atoms with Crippen LogP contribution in [0.15, 0.2) is 6.33 Å². The van der Waals surface area contributed by atoms with Crippen LogP contribution in [0.3, 0.4) is 0 Å². The number of nitrogens with one attached hydrogen (secondary N) is 3. The Bertz CT molecular complexity index is 612. The highest BCUT2D eigenvalue weighted by Crippen LogP contribution is 2.31. The van der Waals surface area contributed by atoms with Gasteiger partial charge in [0.2, 0.25) is 5.95 Å². The molecule has 2 unspecified atom stereocenters. The van der Waals surface area contributed by atoms with Gasteiger partial charge in [-0.25, -0.2) is 4.98 Å². The van der Waals surface area contributed by atoms with Gasteiger partial charge in [0.1, 0.15) is 5.52 Å². The topological polar surface area (TPSA) is 87.8 Å². The molecule has 0 amide bonds. The normalized spacial score (nSPS) is 26.1. The van der Waals surface area contributed by atoms with Crippen molar-refractivity contribution >= 4 is 22.9 Å². The SMILES string of the molecule is CCNc1nc(NC2(C)CCOC2C)c2[nH]cnc2n1. The lowest BCUT2D eigenvalue weighted by Gasteiger charge is -2.29. The maximum atomic E-state index is 5.66. The molecule has 108 valence electrons. The molecule has 1 aliphatic heterocycles. The van der Waals surface area contributed by atoms with Gasteiger partial charge in [0.25, 0.3) is 0 Å². The van der Waals surface area contributed by atoms with E-state index in [0.29, 0.717) is 11.6 Å². The van der Waals surface area contributed by atoms with E-state index in [0.717, 1.165) is 30.9 Å². The fraction of sp³-hybridized carbons (Fsp3) is 0.615. The summed E-state index contributed by atoms with van der Waals surface area (Å²) >= 11 is 0. The Balaban J connectivity index is 1.99. The molecule has 0 bridgehead atoms. The fourth-order valence-electron chi connectivity index (χ4n) is 2.43. The van der Waals surface area contributed by atoms with Gasteiger partial charge in [0.05, 0.1) is 18.0 Å². The first kappa shape index (κ1) is 13.1. The van der Waals surface area contributed by atoms with Crippen molar-refractivity contribution in [3.63, 3.8) is 0 Å². The molecular weight excluding hydrogens is 256 g/mol. The van der Waals surface area contributed by atoms with E-state index in [-0.39, 0.29) is 11.6 Å². The lowest BCUT2D eigenvalue weighted by Crippen LogP contribution is -2.41. The van der Waals surface area contributed by atoms with Crippen LogP contribution >= 0.6 is 0 Å². The summed E-state index contributed by atoms with van der Waals surface area (Å²) in [7, 11) is 0. The first-order valence-corrected chi connectivity index (χ1v) is 6.97. The Morgan fingerprint density at radius 2 is 2.35 bits per heavy atom. The van der Waals surface area contributed by atoms with E-state index in [2.05, 4.69) is 44.4 Å². The number of imidazole rings is 1. The van der Waals surface area contributed by atoms with Gasteiger partial charge in [-0.15, -0.1) is 0 Å². The summed E-state index contributed by atoms with van der Waals surface area (Å²) in [6, 6.07) is 0. The van der Waals surface area contributed by atoms with Crippen LogP contribution in [0.4, 0.5) is 11.8 Å². The Kier molecular flexibility index (Phi) is 3.21. The molecule has 2 aromatic rings. The summed E-state index contributed by atoms with van der Waals surface area (Å²) < 4.78 is 5.66. The number of fused-ring (bicyclic) bond motifs is 1. The molecule has 0 aliphatic carbocycles. The molecule has 0 spiro atoms. The fourth-order valence-corrected chi connectivity index (χ4v) is 2.43. The predicted octanol–water partition coefficient (Wildman–Crippen LogP) is 1.76. The second-order valence-corrected chi connectivity index (χ2v) is 5.33. The molecule has 2 aromatic heterocycles. The van der Waals surface area contributed by atoms with Crippen LogP contribution in [0.5, 0.6) is 0 Å². The predicted molar refractivity (Wildman–Crippen MR) is 77.9 cm³/mol. The highest BCUT2D eigenvalue weighted by atomic mass is 16.5. The molecule has 7 nitrogen and oxygen atoms in total. The molecular formula is C13H20N6O. The minimum absolute atomic E-state index is 0.129. The maximum absolute atomic E-state index is 5.66. The number of hydrogen-bond acceptors (Lipinski definition) is 6. The van der Waals surface area contributed by atoms with Crippen molar-refractivity contribution < 1.29 is 4.74 Å². The third-order valence-corrected chi connectivity index (χ3v) is 3.91. The average Bonchev–Trinajstić information content (AvgIpc) is 2.98. The van der Waals surface area contributed by atoms with E-state index in [1.807, 2.05) is 6.92 Å². The number of ether oxygens (including phenoxy) is 1. The first-order valence-electron chi connectivity index (χ1n) is 6.97. The van der Waals surface area contributed by atoms with E-state index in [4.69, 9.17) is 4.74 Å². The van der Waals surface area contributed by atoms with Crippen LogP contribution in [0.1, 0.15) is 27.2 Å². The van der Waals surface area contributed by atoms with Crippen LogP contribution in [0, 0.1) is 0 Å². The maximum Gasteiger partial charge on any atom is 0.226 e. The van der Waals surface area contributed by atoms with Gasteiger partial charge >= 0.3 is 0 Å². The molecule has 1 saturated heterocycles. The van der Waals surface area contributed by atoms with E-state index in [1.165, 1.54) is 0 Å². The molecule has 3 N–H and O–H groups in total. The number of rotatable bonds is 4. The van der Waals surface area contributed by atoms with Crippen molar-refractivity contribution in [1.29, 1.82) is 0 Å². The van der Waals surface area contributed by atoms with Crippen molar-refractivity contribution in [3.05, 3.63) is 6.33 Å². The van der Waals surface area contributed by atoms with Gasteiger partial charge < -0.3 is 20.4 Å². The summed E-state index contributed by atoms with van der Waals surface area (Å²) in [5, 5.41) is 6.64. The van der Waals surface area contributed by atoms with E-state index in [1.54, 1.807) is 6.33 Å². The Morgan fingerprint density at radius 1 is 1.50 bits per heavy atom. The number of hydrogen-bond donors (Lipinski definition) is 3. The lowest BCUT2D eigenvalue weighted by molar-refractivity contribution is 0.105. The van der Waals surface area contributed by atoms with Gasteiger partial charge in [-0.1, -0.05) is 0 Å². The van der Waals surface area contributed by atoms with Crippen LogP contribution in [-0.4, -0.2) is 44.7 Å². The highest BCUT2D eigenvalue weighted by Gasteiger charge is 2.37. The second kappa shape index (κ2) is 4.90. The highest BCUT2D eigenvalue weighted by molar-refractivity contribution is 5.84. The second-order valence-electron chi connectivity index (χ2n) is 5.33. The largest absolute Gasteiger partial charge is 0.376 e. The van der Waals surface area contributed by atoms with Gasteiger partial charge in [-0.2, -0.15) is 9.97 Å². The molecule has 0 radical (unpaired) electrons. The van der Waals surface area contributed by atoms with Crippen LogP contribution in [0.25, 0.3) is 11.2 Å². The van der Waals surface area contributed by atoms with Crippen molar-refractivity contribution in [2.24, 2.45) is 0 Å². The summed E-state index contributed by atoms with van der Waals surface area (Å²) in [6.07, 6.45) is 2.72. The molecule has 3 heterocycles. The quantitative estimate of drug-likeness (QED) is 0.788. The summed E-state index contributed by atoms with van der Waals surface area (Å²) in [4.78, 5) is 16.2. The summed E-state index contributed by atoms with van der Waals surface area (Å²) in [5.74, 6) is 1.35. The lowest BCUT2D eigenvalue weighted by atomic mass is 9.95. The minimum Gasteiger partial charge on any atom is -0.376 e. The molecule has 0 saturated carbocycles. The molecule has 20 heavy (non-hydrogen) atoms. The summed E-state index contributed by atoms with van der Waals surface area (Å²) in [5.41, 5.74) is 1.36. The van der Waals surface area contributed by atoms with Crippen molar-refractivity contribution in [2.45, 2.75) is 38.8 Å².